The van der Waals surface area contributed by atoms with Crippen molar-refractivity contribution in [3.8, 4) is 11.4 Å². The molecule has 0 saturated heterocycles. The van der Waals surface area contributed by atoms with Crippen LogP contribution in [0, 0.1) is 6.92 Å². The third-order valence-electron chi connectivity index (χ3n) is 2.48. The number of nitrogens with zero attached hydrogens (tertiary/aromatic N) is 2. The van der Waals surface area contributed by atoms with Crippen LogP contribution >= 0.6 is 39.1 Å². The van der Waals surface area contributed by atoms with Gasteiger partial charge in [-0.15, -0.1) is 0 Å². The number of hydrogen-bond donors (Lipinski definition) is 1. The summed E-state index contributed by atoms with van der Waals surface area (Å²) in [5, 5.41) is 4.32. The molecule has 3 nitrogen and oxygen atoms in total. The minimum atomic E-state index is 0.566. The van der Waals surface area contributed by atoms with Crippen molar-refractivity contribution in [1.29, 1.82) is 0 Å². The van der Waals surface area contributed by atoms with E-state index in [0.717, 1.165) is 28.1 Å². The molecular formula is C13H12BrCl2N3. The molecule has 1 N–H and O–H groups in total. The number of anilines is 1. The summed E-state index contributed by atoms with van der Waals surface area (Å²) in [7, 11) is 0. The zero-order valence-corrected chi connectivity index (χ0v) is 13.6. The van der Waals surface area contributed by atoms with E-state index in [0.29, 0.717) is 15.9 Å². The fourth-order valence-corrected chi connectivity index (χ4v) is 2.50. The minimum Gasteiger partial charge on any atom is -0.369 e. The molecule has 0 aliphatic rings. The van der Waals surface area contributed by atoms with Crippen molar-refractivity contribution in [2.24, 2.45) is 0 Å². The second-order valence-electron chi connectivity index (χ2n) is 3.98. The molecule has 0 saturated carbocycles. The predicted molar refractivity (Wildman–Crippen MR) is 84.1 cm³/mol. The molecule has 0 aliphatic heterocycles. The lowest BCUT2D eigenvalue weighted by atomic mass is 10.2. The van der Waals surface area contributed by atoms with Gasteiger partial charge in [-0.05, 0) is 48.0 Å². The van der Waals surface area contributed by atoms with E-state index in [4.69, 9.17) is 23.2 Å². The van der Waals surface area contributed by atoms with Crippen molar-refractivity contribution in [3.63, 3.8) is 0 Å². The van der Waals surface area contributed by atoms with Crippen molar-refractivity contribution in [2.45, 2.75) is 13.8 Å². The van der Waals surface area contributed by atoms with Gasteiger partial charge in [-0.2, -0.15) is 0 Å². The fraction of sp³-hybridized carbons (Fsp3) is 0.231. The number of hydrogen-bond acceptors (Lipinski definition) is 3. The van der Waals surface area contributed by atoms with Crippen LogP contribution in [0.15, 0.2) is 22.7 Å². The number of halogens is 3. The molecule has 0 aliphatic carbocycles. The SMILES string of the molecule is CCNc1nc(-c2cc(Cl)cc(Cl)c2)nc(C)c1Br. The molecule has 1 aromatic carbocycles. The molecule has 100 valence electrons. The van der Waals surface area contributed by atoms with Crippen LogP contribution in [0.1, 0.15) is 12.6 Å². The molecule has 1 aromatic heterocycles. The first-order valence-electron chi connectivity index (χ1n) is 5.75. The summed E-state index contributed by atoms with van der Waals surface area (Å²) < 4.78 is 0.867. The average molecular weight is 361 g/mol. The van der Waals surface area contributed by atoms with E-state index in [1.54, 1.807) is 18.2 Å². The van der Waals surface area contributed by atoms with Crippen LogP contribution in [0.2, 0.25) is 10.0 Å². The van der Waals surface area contributed by atoms with Crippen LogP contribution in [0.5, 0.6) is 0 Å². The summed E-state index contributed by atoms with van der Waals surface area (Å²) in [6, 6.07) is 5.28. The van der Waals surface area contributed by atoms with Crippen LogP contribution in [0.3, 0.4) is 0 Å². The van der Waals surface area contributed by atoms with Crippen molar-refractivity contribution in [2.75, 3.05) is 11.9 Å². The Bertz CT molecular complexity index is 597. The minimum absolute atomic E-state index is 0.566. The molecule has 0 spiro atoms. The molecule has 2 aromatic rings. The zero-order chi connectivity index (χ0) is 14.0. The highest BCUT2D eigenvalue weighted by atomic mass is 79.9. The van der Waals surface area contributed by atoms with E-state index < -0.39 is 0 Å². The molecule has 0 fully saturated rings. The lowest BCUT2D eigenvalue weighted by Crippen LogP contribution is -2.04. The quantitative estimate of drug-likeness (QED) is 0.841. The Morgan fingerprint density at radius 2 is 1.79 bits per heavy atom. The van der Waals surface area contributed by atoms with E-state index in [1.807, 2.05) is 13.8 Å². The lowest BCUT2D eigenvalue weighted by Gasteiger charge is -2.10. The smallest absolute Gasteiger partial charge is 0.161 e. The molecule has 0 amide bonds. The van der Waals surface area contributed by atoms with Gasteiger partial charge in [-0.3, -0.25) is 0 Å². The Morgan fingerprint density at radius 3 is 2.37 bits per heavy atom. The average Bonchev–Trinajstić information content (AvgIpc) is 2.33. The molecular weight excluding hydrogens is 349 g/mol. The van der Waals surface area contributed by atoms with Gasteiger partial charge < -0.3 is 5.32 Å². The van der Waals surface area contributed by atoms with Gasteiger partial charge in [0.05, 0.1) is 10.2 Å². The predicted octanol–water partition coefficient (Wildman–Crippen LogP) is 4.95. The second kappa shape index (κ2) is 6.07. The first kappa shape index (κ1) is 14.6. The maximum absolute atomic E-state index is 6.01. The van der Waals surface area contributed by atoms with Crippen molar-refractivity contribution in [3.05, 3.63) is 38.4 Å². The lowest BCUT2D eigenvalue weighted by molar-refractivity contribution is 1.06. The highest BCUT2D eigenvalue weighted by Crippen LogP contribution is 2.29. The highest BCUT2D eigenvalue weighted by Gasteiger charge is 2.11. The monoisotopic (exact) mass is 359 g/mol. The van der Waals surface area contributed by atoms with Crippen molar-refractivity contribution < 1.29 is 0 Å². The fourth-order valence-electron chi connectivity index (χ4n) is 1.66. The third kappa shape index (κ3) is 3.38. The molecule has 19 heavy (non-hydrogen) atoms. The van der Waals surface area contributed by atoms with Crippen molar-refractivity contribution in [1.82, 2.24) is 9.97 Å². The topological polar surface area (TPSA) is 37.8 Å². The first-order chi connectivity index (χ1) is 9.01. The number of rotatable bonds is 3. The third-order valence-corrected chi connectivity index (χ3v) is 3.87. The summed E-state index contributed by atoms with van der Waals surface area (Å²) in [6.07, 6.45) is 0. The standard InChI is InChI=1S/C13H12BrCl2N3/c1-3-17-13-11(14)7(2)18-12(19-13)8-4-9(15)6-10(16)5-8/h4-6H,3H2,1-2H3,(H,17,18,19). The molecule has 0 atom stereocenters. The van der Waals surface area contributed by atoms with Gasteiger partial charge in [0.15, 0.2) is 5.82 Å². The number of aromatic nitrogens is 2. The number of aryl methyl sites for hydroxylation is 1. The first-order valence-corrected chi connectivity index (χ1v) is 7.30. The molecule has 0 radical (unpaired) electrons. The van der Waals surface area contributed by atoms with Gasteiger partial charge in [-0.1, -0.05) is 23.2 Å². The van der Waals surface area contributed by atoms with Gasteiger partial charge in [-0.25, -0.2) is 9.97 Å². The number of nitrogens with one attached hydrogen (secondary N) is 1. The van der Waals surface area contributed by atoms with E-state index in [2.05, 4.69) is 31.2 Å². The maximum Gasteiger partial charge on any atom is 0.161 e. The summed E-state index contributed by atoms with van der Waals surface area (Å²) in [5.41, 5.74) is 1.66. The highest BCUT2D eigenvalue weighted by molar-refractivity contribution is 9.10. The van der Waals surface area contributed by atoms with Gasteiger partial charge in [0.1, 0.15) is 5.82 Å². The van der Waals surface area contributed by atoms with Gasteiger partial charge in [0, 0.05) is 22.2 Å². The summed E-state index contributed by atoms with van der Waals surface area (Å²) in [4.78, 5) is 8.94. The van der Waals surface area contributed by atoms with Gasteiger partial charge in [0.2, 0.25) is 0 Å². The summed E-state index contributed by atoms with van der Waals surface area (Å²) >= 11 is 15.5. The molecule has 0 bridgehead atoms. The van der Waals surface area contributed by atoms with Crippen LogP contribution in [0.25, 0.3) is 11.4 Å². The Labute approximate surface area is 130 Å². The van der Waals surface area contributed by atoms with Gasteiger partial charge >= 0.3 is 0 Å². The van der Waals surface area contributed by atoms with E-state index in [9.17, 15) is 0 Å². The Balaban J connectivity index is 2.55. The summed E-state index contributed by atoms with van der Waals surface area (Å²) in [5.74, 6) is 1.36. The largest absolute Gasteiger partial charge is 0.369 e. The van der Waals surface area contributed by atoms with Crippen LogP contribution < -0.4 is 5.32 Å². The van der Waals surface area contributed by atoms with Crippen LogP contribution in [-0.2, 0) is 0 Å². The Morgan fingerprint density at radius 1 is 1.16 bits per heavy atom. The summed E-state index contributed by atoms with van der Waals surface area (Å²) in [6.45, 7) is 4.72. The van der Waals surface area contributed by atoms with Crippen LogP contribution in [-0.4, -0.2) is 16.5 Å². The zero-order valence-electron chi connectivity index (χ0n) is 10.5. The maximum atomic E-state index is 6.01. The van der Waals surface area contributed by atoms with Crippen LogP contribution in [0.4, 0.5) is 5.82 Å². The second-order valence-corrected chi connectivity index (χ2v) is 5.65. The van der Waals surface area contributed by atoms with E-state index >= 15 is 0 Å². The van der Waals surface area contributed by atoms with E-state index in [1.165, 1.54) is 0 Å². The molecule has 6 heteroatoms. The Hall–Kier alpha value is -0.840. The normalized spacial score (nSPS) is 10.6. The molecule has 0 unspecified atom stereocenters. The molecule has 1 heterocycles. The molecule has 2 rings (SSSR count). The number of benzene rings is 1. The van der Waals surface area contributed by atoms with Crippen molar-refractivity contribution >= 4 is 44.9 Å². The van der Waals surface area contributed by atoms with Gasteiger partial charge in [0.25, 0.3) is 0 Å². The Kier molecular flexibility index (Phi) is 4.66. The van der Waals surface area contributed by atoms with E-state index in [-0.39, 0.29) is 0 Å².